The molecular formula is C25H27N3O4S2. The number of aryl methyl sites for hydroxylation is 2. The number of anilines is 2. The van der Waals surface area contributed by atoms with Crippen molar-refractivity contribution in [2.24, 2.45) is 0 Å². The summed E-state index contributed by atoms with van der Waals surface area (Å²) >= 11 is 1.25. The fourth-order valence-electron chi connectivity index (χ4n) is 4.27. The topological polar surface area (TPSA) is 105 Å². The van der Waals surface area contributed by atoms with Crippen LogP contribution in [0.5, 0.6) is 0 Å². The normalized spacial score (nSPS) is 15.1. The van der Waals surface area contributed by atoms with Crippen LogP contribution in [0.2, 0.25) is 0 Å². The number of hydrogen-bond acceptors (Lipinski definition) is 6. The third-order valence-electron chi connectivity index (χ3n) is 6.35. The summed E-state index contributed by atoms with van der Waals surface area (Å²) in [5.41, 5.74) is 4.05. The van der Waals surface area contributed by atoms with Crippen LogP contribution in [0.4, 0.5) is 10.8 Å². The van der Waals surface area contributed by atoms with E-state index in [1.807, 2.05) is 31.4 Å². The minimum atomic E-state index is -3.89. The van der Waals surface area contributed by atoms with Crippen LogP contribution in [-0.2, 0) is 19.4 Å². The van der Waals surface area contributed by atoms with Gasteiger partial charge in [-0.1, -0.05) is 31.0 Å². The molecule has 1 aliphatic rings. The second kappa shape index (κ2) is 9.31. The zero-order valence-corrected chi connectivity index (χ0v) is 21.0. The maximum absolute atomic E-state index is 13.7. The van der Waals surface area contributed by atoms with Crippen LogP contribution in [0.15, 0.2) is 52.7 Å². The number of hydrogen-bond donors (Lipinski definition) is 2. The number of rotatable bonds is 6. The van der Waals surface area contributed by atoms with Gasteiger partial charge in [-0.2, -0.15) is 0 Å². The zero-order valence-electron chi connectivity index (χ0n) is 19.3. The first-order chi connectivity index (χ1) is 16.1. The molecule has 178 valence electrons. The van der Waals surface area contributed by atoms with Crippen molar-refractivity contribution >= 4 is 43.8 Å². The number of nitrogens with zero attached hydrogens (tertiary/aromatic N) is 1. The molecule has 1 saturated carbocycles. The van der Waals surface area contributed by atoms with Gasteiger partial charge in [-0.15, -0.1) is 11.3 Å². The van der Waals surface area contributed by atoms with Gasteiger partial charge >= 0.3 is 0 Å². The summed E-state index contributed by atoms with van der Waals surface area (Å²) in [7, 11) is -3.89. The number of carbonyl (C=O) groups is 2. The zero-order chi connectivity index (χ0) is 24.5. The lowest BCUT2D eigenvalue weighted by Crippen LogP contribution is -2.47. The van der Waals surface area contributed by atoms with Gasteiger partial charge in [0.05, 0.1) is 10.6 Å². The molecule has 2 N–H and O–H groups in total. The van der Waals surface area contributed by atoms with E-state index in [0.29, 0.717) is 29.4 Å². The number of aromatic nitrogens is 1. The summed E-state index contributed by atoms with van der Waals surface area (Å²) in [5.74, 6) is -0.673. The lowest BCUT2D eigenvalue weighted by Gasteiger charge is -2.27. The van der Waals surface area contributed by atoms with Crippen molar-refractivity contribution in [3.05, 3.63) is 59.0 Å². The molecule has 3 aromatic rings. The Kier molecular flexibility index (Phi) is 6.60. The summed E-state index contributed by atoms with van der Waals surface area (Å²) in [5, 5.41) is 7.66. The predicted molar refractivity (Wildman–Crippen MR) is 135 cm³/mol. The smallest absolute Gasteiger partial charge is 0.248 e. The Bertz CT molecular complexity index is 1340. The SMILES string of the molecule is CC(=O)Nc1ccc(-c2csc(NC(=O)C3(S(=O)(=O)c4ccc(C)c(C)c4)CCCC3)n2)cc1. The number of sulfone groups is 1. The van der Waals surface area contributed by atoms with E-state index < -0.39 is 20.5 Å². The van der Waals surface area contributed by atoms with Crippen molar-refractivity contribution in [2.45, 2.75) is 56.1 Å². The highest BCUT2D eigenvalue weighted by molar-refractivity contribution is 7.93. The van der Waals surface area contributed by atoms with E-state index in [9.17, 15) is 18.0 Å². The second-order valence-corrected chi connectivity index (χ2v) is 11.8. The van der Waals surface area contributed by atoms with Gasteiger partial charge in [0.15, 0.2) is 19.7 Å². The summed E-state index contributed by atoms with van der Waals surface area (Å²) in [6, 6.07) is 12.2. The van der Waals surface area contributed by atoms with Gasteiger partial charge in [-0.05, 0) is 62.1 Å². The van der Waals surface area contributed by atoms with Crippen molar-refractivity contribution in [3.8, 4) is 11.3 Å². The molecule has 0 spiro atoms. The van der Waals surface area contributed by atoms with Crippen molar-refractivity contribution in [3.63, 3.8) is 0 Å². The molecule has 0 unspecified atom stereocenters. The molecule has 1 aliphatic carbocycles. The Hall–Kier alpha value is -3.04. The second-order valence-electron chi connectivity index (χ2n) is 8.70. The van der Waals surface area contributed by atoms with E-state index in [2.05, 4.69) is 15.6 Å². The highest BCUT2D eigenvalue weighted by Crippen LogP contribution is 2.42. The summed E-state index contributed by atoms with van der Waals surface area (Å²) in [6.45, 7) is 5.24. The molecule has 1 aromatic heterocycles. The molecule has 4 rings (SSSR count). The first-order valence-corrected chi connectivity index (χ1v) is 13.5. The quantitative estimate of drug-likeness (QED) is 0.492. The van der Waals surface area contributed by atoms with Gasteiger partial charge in [-0.3, -0.25) is 9.59 Å². The number of nitrogens with one attached hydrogen (secondary N) is 2. The van der Waals surface area contributed by atoms with Crippen molar-refractivity contribution in [1.82, 2.24) is 4.98 Å². The minimum absolute atomic E-state index is 0.150. The van der Waals surface area contributed by atoms with E-state index >= 15 is 0 Å². The highest BCUT2D eigenvalue weighted by Gasteiger charge is 2.53. The van der Waals surface area contributed by atoms with Gasteiger partial charge in [0.1, 0.15) is 0 Å². The summed E-state index contributed by atoms with van der Waals surface area (Å²) in [4.78, 5) is 29.3. The lowest BCUT2D eigenvalue weighted by molar-refractivity contribution is -0.118. The van der Waals surface area contributed by atoms with E-state index in [0.717, 1.165) is 16.7 Å². The van der Waals surface area contributed by atoms with Crippen molar-refractivity contribution < 1.29 is 18.0 Å². The Morgan fingerprint density at radius 3 is 2.26 bits per heavy atom. The van der Waals surface area contributed by atoms with E-state index in [4.69, 9.17) is 0 Å². The van der Waals surface area contributed by atoms with Crippen LogP contribution in [0, 0.1) is 13.8 Å². The van der Waals surface area contributed by atoms with Crippen LogP contribution in [0.3, 0.4) is 0 Å². The fourth-order valence-corrected chi connectivity index (χ4v) is 7.14. The average molecular weight is 498 g/mol. The number of thiazole rings is 1. The molecule has 34 heavy (non-hydrogen) atoms. The van der Waals surface area contributed by atoms with Gasteiger partial charge < -0.3 is 10.6 Å². The lowest BCUT2D eigenvalue weighted by atomic mass is 10.1. The maximum Gasteiger partial charge on any atom is 0.248 e. The Balaban J connectivity index is 1.58. The van der Waals surface area contributed by atoms with Crippen LogP contribution in [0.25, 0.3) is 11.3 Å². The minimum Gasteiger partial charge on any atom is -0.326 e. The number of carbonyl (C=O) groups excluding carboxylic acids is 2. The monoisotopic (exact) mass is 497 g/mol. The first kappa shape index (κ1) is 24.1. The Morgan fingerprint density at radius 2 is 1.65 bits per heavy atom. The molecule has 1 heterocycles. The molecule has 9 heteroatoms. The fraction of sp³-hybridized carbons (Fsp3) is 0.320. The first-order valence-electron chi connectivity index (χ1n) is 11.1. The predicted octanol–water partition coefficient (Wildman–Crippen LogP) is 5.11. The molecule has 0 atom stereocenters. The average Bonchev–Trinajstić information content (AvgIpc) is 3.46. The Morgan fingerprint density at radius 1 is 0.971 bits per heavy atom. The third kappa shape index (κ3) is 4.50. The van der Waals surface area contributed by atoms with Gasteiger partial charge in [-0.25, -0.2) is 13.4 Å². The van der Waals surface area contributed by atoms with E-state index in [1.165, 1.54) is 18.3 Å². The Labute approximate surface area is 203 Å². The van der Waals surface area contributed by atoms with Crippen LogP contribution < -0.4 is 10.6 Å². The van der Waals surface area contributed by atoms with Gasteiger partial charge in [0.2, 0.25) is 11.8 Å². The molecule has 0 bridgehead atoms. The molecule has 7 nitrogen and oxygen atoms in total. The third-order valence-corrected chi connectivity index (χ3v) is 9.61. The van der Waals surface area contributed by atoms with Crippen molar-refractivity contribution in [1.29, 1.82) is 0 Å². The number of benzene rings is 2. The van der Waals surface area contributed by atoms with Crippen LogP contribution in [-0.4, -0.2) is 30.0 Å². The molecular weight excluding hydrogens is 470 g/mol. The molecule has 2 amide bonds. The maximum atomic E-state index is 13.7. The summed E-state index contributed by atoms with van der Waals surface area (Å²) < 4.78 is 25.9. The van der Waals surface area contributed by atoms with Crippen LogP contribution in [0.1, 0.15) is 43.7 Å². The van der Waals surface area contributed by atoms with Gasteiger partial charge in [0, 0.05) is 23.6 Å². The summed E-state index contributed by atoms with van der Waals surface area (Å²) in [6.07, 6.45) is 1.94. The molecule has 0 radical (unpaired) electrons. The molecule has 1 fully saturated rings. The molecule has 0 saturated heterocycles. The molecule has 2 aromatic carbocycles. The largest absolute Gasteiger partial charge is 0.326 e. The van der Waals surface area contributed by atoms with Gasteiger partial charge in [0.25, 0.3) is 0 Å². The van der Waals surface area contributed by atoms with E-state index in [-0.39, 0.29) is 23.6 Å². The number of amides is 2. The van der Waals surface area contributed by atoms with Crippen molar-refractivity contribution in [2.75, 3.05) is 10.6 Å². The standard InChI is InChI=1S/C25H27N3O4S2/c1-16-6-11-21(14-17(16)2)34(31,32)25(12-4-5-13-25)23(30)28-24-27-22(15-33-24)19-7-9-20(10-8-19)26-18(3)29/h6-11,14-15H,4-5,12-13H2,1-3H3,(H,26,29)(H,27,28,30). The van der Waals surface area contributed by atoms with Crippen LogP contribution >= 0.6 is 11.3 Å². The van der Waals surface area contributed by atoms with E-state index in [1.54, 1.807) is 30.3 Å². The highest BCUT2D eigenvalue weighted by atomic mass is 32.2. The molecule has 0 aliphatic heterocycles.